The van der Waals surface area contributed by atoms with Gasteiger partial charge in [0.15, 0.2) is 0 Å². The van der Waals surface area contributed by atoms with E-state index in [1.54, 1.807) is 12.1 Å². The standard InChI is InChI=1S/C25H22ClN3O2/c26-21-12-10-19(11-13-21)18-31-24-9-5-4-8-23(24)25(30)27-15-14-20-16-28-29(17-20)22-6-2-1-3-7-22/h1-13,16-17H,14-15,18H2,(H,27,30). The summed E-state index contributed by atoms with van der Waals surface area (Å²) < 4.78 is 7.71. The first-order chi connectivity index (χ1) is 15.2. The van der Waals surface area contributed by atoms with Crippen molar-refractivity contribution >= 4 is 17.5 Å². The Morgan fingerprint density at radius 1 is 0.935 bits per heavy atom. The number of para-hydroxylation sites is 2. The Morgan fingerprint density at radius 3 is 2.48 bits per heavy atom. The molecule has 0 spiro atoms. The van der Waals surface area contributed by atoms with Gasteiger partial charge in [0, 0.05) is 17.8 Å². The second-order valence-corrected chi connectivity index (χ2v) is 7.48. The zero-order valence-corrected chi connectivity index (χ0v) is 17.6. The summed E-state index contributed by atoms with van der Waals surface area (Å²) in [5, 5.41) is 8.04. The Balaban J connectivity index is 1.33. The van der Waals surface area contributed by atoms with Crippen molar-refractivity contribution in [2.45, 2.75) is 13.0 Å². The van der Waals surface area contributed by atoms with Gasteiger partial charge in [-0.3, -0.25) is 4.79 Å². The van der Waals surface area contributed by atoms with Crippen molar-refractivity contribution in [1.82, 2.24) is 15.1 Å². The Kier molecular flexibility index (Phi) is 6.65. The quantitative estimate of drug-likeness (QED) is 0.423. The van der Waals surface area contributed by atoms with Crippen molar-refractivity contribution in [3.63, 3.8) is 0 Å². The van der Waals surface area contributed by atoms with Crippen LogP contribution in [0.25, 0.3) is 5.69 Å². The number of ether oxygens (including phenoxy) is 1. The third kappa shape index (κ3) is 5.53. The van der Waals surface area contributed by atoms with Crippen molar-refractivity contribution in [1.29, 1.82) is 0 Å². The molecule has 4 rings (SSSR count). The number of nitrogens with one attached hydrogen (secondary N) is 1. The molecule has 31 heavy (non-hydrogen) atoms. The minimum absolute atomic E-state index is 0.165. The lowest BCUT2D eigenvalue weighted by Gasteiger charge is -2.12. The summed E-state index contributed by atoms with van der Waals surface area (Å²) in [5.74, 6) is 0.383. The van der Waals surface area contributed by atoms with Gasteiger partial charge in [0.1, 0.15) is 12.4 Å². The van der Waals surface area contributed by atoms with Crippen LogP contribution in [0.15, 0.2) is 91.3 Å². The molecular formula is C25H22ClN3O2. The van der Waals surface area contributed by atoms with Gasteiger partial charge >= 0.3 is 0 Å². The smallest absolute Gasteiger partial charge is 0.255 e. The predicted octanol–water partition coefficient (Wildman–Crippen LogP) is 5.08. The maximum atomic E-state index is 12.7. The summed E-state index contributed by atoms with van der Waals surface area (Å²) in [6.45, 7) is 0.866. The molecule has 0 radical (unpaired) electrons. The maximum Gasteiger partial charge on any atom is 0.255 e. The summed E-state index contributed by atoms with van der Waals surface area (Å²) >= 11 is 5.92. The number of amides is 1. The Hall–Kier alpha value is -3.57. The Morgan fingerprint density at radius 2 is 1.68 bits per heavy atom. The summed E-state index contributed by atoms with van der Waals surface area (Å²) in [6.07, 6.45) is 4.49. The number of carbonyl (C=O) groups excluding carboxylic acids is 1. The van der Waals surface area contributed by atoms with Crippen LogP contribution in [0.1, 0.15) is 21.5 Å². The molecule has 5 nitrogen and oxygen atoms in total. The summed E-state index contributed by atoms with van der Waals surface area (Å²) in [4.78, 5) is 12.7. The molecule has 0 aliphatic rings. The van der Waals surface area contributed by atoms with Gasteiger partial charge in [-0.1, -0.05) is 54.1 Å². The van der Waals surface area contributed by atoms with Crippen molar-refractivity contribution < 1.29 is 9.53 Å². The molecule has 0 saturated carbocycles. The van der Waals surface area contributed by atoms with Crippen LogP contribution in [0.2, 0.25) is 5.02 Å². The van der Waals surface area contributed by atoms with Crippen LogP contribution in [0.4, 0.5) is 0 Å². The van der Waals surface area contributed by atoms with E-state index >= 15 is 0 Å². The van der Waals surface area contributed by atoms with Gasteiger partial charge in [-0.2, -0.15) is 5.10 Å². The molecule has 1 heterocycles. The molecule has 4 aromatic rings. The molecule has 1 amide bonds. The van der Waals surface area contributed by atoms with E-state index in [9.17, 15) is 4.79 Å². The van der Waals surface area contributed by atoms with Crippen LogP contribution >= 0.6 is 11.6 Å². The highest BCUT2D eigenvalue weighted by Gasteiger charge is 2.12. The minimum Gasteiger partial charge on any atom is -0.488 e. The fourth-order valence-electron chi connectivity index (χ4n) is 3.15. The van der Waals surface area contributed by atoms with Gasteiger partial charge in [0.2, 0.25) is 0 Å². The average molecular weight is 432 g/mol. The van der Waals surface area contributed by atoms with E-state index in [4.69, 9.17) is 16.3 Å². The molecule has 1 N–H and O–H groups in total. The van der Waals surface area contributed by atoms with Crippen molar-refractivity contribution in [2.24, 2.45) is 0 Å². The molecular weight excluding hydrogens is 410 g/mol. The van der Waals surface area contributed by atoms with Crippen LogP contribution in [-0.4, -0.2) is 22.2 Å². The lowest BCUT2D eigenvalue weighted by Crippen LogP contribution is -2.26. The van der Waals surface area contributed by atoms with E-state index in [1.165, 1.54) is 0 Å². The molecule has 3 aromatic carbocycles. The monoisotopic (exact) mass is 431 g/mol. The maximum absolute atomic E-state index is 12.7. The summed E-state index contributed by atoms with van der Waals surface area (Å²) in [7, 11) is 0. The predicted molar refractivity (Wildman–Crippen MR) is 122 cm³/mol. The lowest BCUT2D eigenvalue weighted by atomic mass is 10.1. The highest BCUT2D eigenvalue weighted by Crippen LogP contribution is 2.20. The van der Waals surface area contributed by atoms with Crippen LogP contribution < -0.4 is 10.1 Å². The normalized spacial score (nSPS) is 10.6. The molecule has 0 aliphatic heterocycles. The SMILES string of the molecule is O=C(NCCc1cnn(-c2ccccc2)c1)c1ccccc1OCc1ccc(Cl)cc1. The van der Waals surface area contributed by atoms with Crippen LogP contribution in [0.5, 0.6) is 5.75 Å². The summed E-state index contributed by atoms with van der Waals surface area (Å²) in [6, 6.07) is 24.6. The highest BCUT2D eigenvalue weighted by atomic mass is 35.5. The Bertz CT molecular complexity index is 1140. The number of carbonyl (C=O) groups is 1. The van der Waals surface area contributed by atoms with Gasteiger partial charge in [0.05, 0.1) is 17.4 Å². The Labute approximate surface area is 186 Å². The molecule has 156 valence electrons. The molecule has 0 atom stereocenters. The van der Waals surface area contributed by atoms with E-state index in [1.807, 2.05) is 83.8 Å². The number of nitrogens with zero attached hydrogens (tertiary/aromatic N) is 2. The van der Waals surface area contributed by atoms with Crippen molar-refractivity contribution in [3.05, 3.63) is 113 Å². The zero-order valence-electron chi connectivity index (χ0n) is 16.9. The summed E-state index contributed by atoms with van der Waals surface area (Å²) in [5.41, 5.74) is 3.55. The second-order valence-electron chi connectivity index (χ2n) is 7.05. The largest absolute Gasteiger partial charge is 0.488 e. The molecule has 1 aromatic heterocycles. The zero-order chi connectivity index (χ0) is 21.5. The number of aromatic nitrogens is 2. The molecule has 6 heteroatoms. The van der Waals surface area contributed by atoms with Crippen molar-refractivity contribution in [3.8, 4) is 11.4 Å². The number of hydrogen-bond donors (Lipinski definition) is 1. The second kappa shape index (κ2) is 9.96. The van der Waals surface area contributed by atoms with Gasteiger partial charge in [-0.25, -0.2) is 4.68 Å². The molecule has 0 aliphatic carbocycles. The first-order valence-electron chi connectivity index (χ1n) is 10.0. The first-order valence-corrected chi connectivity index (χ1v) is 10.4. The third-order valence-electron chi connectivity index (χ3n) is 4.80. The third-order valence-corrected chi connectivity index (χ3v) is 5.05. The molecule has 0 saturated heterocycles. The fourth-order valence-corrected chi connectivity index (χ4v) is 3.27. The lowest BCUT2D eigenvalue weighted by molar-refractivity contribution is 0.0949. The number of benzene rings is 3. The van der Waals surface area contributed by atoms with Crippen LogP contribution in [0.3, 0.4) is 0 Å². The highest BCUT2D eigenvalue weighted by molar-refractivity contribution is 6.30. The van der Waals surface area contributed by atoms with E-state index in [0.29, 0.717) is 35.9 Å². The fraction of sp³-hybridized carbons (Fsp3) is 0.120. The molecule has 0 fully saturated rings. The van der Waals surface area contributed by atoms with Crippen molar-refractivity contribution in [2.75, 3.05) is 6.54 Å². The average Bonchev–Trinajstić information content (AvgIpc) is 3.28. The molecule has 0 bridgehead atoms. The first kappa shape index (κ1) is 20.7. The van der Waals surface area contributed by atoms with Crippen LogP contribution in [-0.2, 0) is 13.0 Å². The van der Waals surface area contributed by atoms with Gasteiger partial charge in [-0.05, 0) is 53.9 Å². The number of halogens is 1. The number of hydrogen-bond acceptors (Lipinski definition) is 3. The van der Waals surface area contributed by atoms with Gasteiger partial charge in [-0.15, -0.1) is 0 Å². The van der Waals surface area contributed by atoms with Crippen LogP contribution in [0, 0.1) is 0 Å². The van der Waals surface area contributed by atoms with Gasteiger partial charge in [0.25, 0.3) is 5.91 Å². The minimum atomic E-state index is -0.165. The van der Waals surface area contributed by atoms with E-state index < -0.39 is 0 Å². The van der Waals surface area contributed by atoms with E-state index in [2.05, 4.69) is 10.4 Å². The topological polar surface area (TPSA) is 56.2 Å². The molecule has 0 unspecified atom stereocenters. The van der Waals surface area contributed by atoms with E-state index in [-0.39, 0.29) is 5.91 Å². The number of rotatable bonds is 8. The van der Waals surface area contributed by atoms with E-state index in [0.717, 1.165) is 16.8 Å². The van der Waals surface area contributed by atoms with Gasteiger partial charge < -0.3 is 10.1 Å².